The Bertz CT molecular complexity index is 592. The first-order valence-corrected chi connectivity index (χ1v) is 7.66. The Hall–Kier alpha value is -2.07. The third kappa shape index (κ3) is 6.14. The molecule has 118 valence electrons. The average Bonchev–Trinajstić information content (AvgIpc) is 2.50. The summed E-state index contributed by atoms with van der Waals surface area (Å²) in [6.07, 6.45) is 4.71. The van der Waals surface area contributed by atoms with Gasteiger partial charge in [-0.05, 0) is 47.6 Å². The predicted octanol–water partition coefficient (Wildman–Crippen LogP) is 4.30. The van der Waals surface area contributed by atoms with Gasteiger partial charge in [0, 0.05) is 0 Å². The molecule has 0 atom stereocenters. The summed E-state index contributed by atoms with van der Waals surface area (Å²) in [5.41, 5.74) is 2.03. The third-order valence-electron chi connectivity index (χ3n) is 2.80. The fourth-order valence-corrected chi connectivity index (χ4v) is 1.77. The molecule has 0 spiro atoms. The second-order valence-corrected chi connectivity index (χ2v) is 5.15. The molecule has 0 aliphatic rings. The molecule has 0 unspecified atom stereocenters. The van der Waals surface area contributed by atoms with E-state index < -0.39 is 0 Å². The zero-order valence-corrected chi connectivity index (χ0v) is 13.8. The van der Waals surface area contributed by atoms with Crippen molar-refractivity contribution < 1.29 is 14.9 Å². The minimum Gasteiger partial charge on any atom is -0.508 e. The van der Waals surface area contributed by atoms with Crippen molar-refractivity contribution >= 4 is 18.7 Å². The van der Waals surface area contributed by atoms with Crippen molar-refractivity contribution in [3.05, 3.63) is 59.7 Å². The predicted molar refractivity (Wildman–Crippen MR) is 95.0 cm³/mol. The first-order chi connectivity index (χ1) is 10.6. The number of ether oxygens (including phenoxy) is 1. The Morgan fingerprint density at radius 2 is 1.73 bits per heavy atom. The van der Waals surface area contributed by atoms with Crippen LogP contribution in [0, 0.1) is 0 Å². The van der Waals surface area contributed by atoms with Gasteiger partial charge in [0.25, 0.3) is 0 Å². The highest BCUT2D eigenvalue weighted by Gasteiger charge is 1.99. The third-order valence-corrected chi connectivity index (χ3v) is 2.80. The van der Waals surface area contributed by atoms with Gasteiger partial charge in [0.15, 0.2) is 11.5 Å². The van der Waals surface area contributed by atoms with Crippen LogP contribution in [0.1, 0.15) is 18.1 Å². The summed E-state index contributed by atoms with van der Waals surface area (Å²) in [6.45, 7) is 1.99. The Kier molecular flexibility index (Phi) is 8.00. The smallest absolute Gasteiger partial charge is 0.160 e. The van der Waals surface area contributed by atoms with Crippen LogP contribution in [0.25, 0.3) is 6.08 Å². The van der Waals surface area contributed by atoms with E-state index in [-0.39, 0.29) is 11.5 Å². The molecular weight excluding hydrogens is 296 g/mol. The standard InChI is InChI=1S/C16H16O3.C2H6S/c1-19-16-10-7-13(11-15(16)18)4-2-3-12-5-8-14(17)9-6-12;1-2-3/h2,4-11,17-18H,3H2,1H3;3H,2H2,1H3/b4-2-;. The number of phenols is 2. The summed E-state index contributed by atoms with van der Waals surface area (Å²) in [4.78, 5) is 0. The van der Waals surface area contributed by atoms with Crippen LogP contribution in [-0.2, 0) is 6.42 Å². The molecule has 2 N–H and O–H groups in total. The van der Waals surface area contributed by atoms with Gasteiger partial charge in [-0.15, -0.1) is 0 Å². The number of benzene rings is 2. The van der Waals surface area contributed by atoms with Gasteiger partial charge in [-0.25, -0.2) is 0 Å². The Morgan fingerprint density at radius 3 is 2.27 bits per heavy atom. The summed E-state index contributed by atoms with van der Waals surface area (Å²) in [6, 6.07) is 12.4. The van der Waals surface area contributed by atoms with Crippen LogP contribution in [0.4, 0.5) is 0 Å². The van der Waals surface area contributed by atoms with E-state index in [2.05, 4.69) is 12.6 Å². The quantitative estimate of drug-likeness (QED) is 0.737. The highest BCUT2D eigenvalue weighted by atomic mass is 32.1. The van der Waals surface area contributed by atoms with Gasteiger partial charge in [-0.1, -0.05) is 37.3 Å². The van der Waals surface area contributed by atoms with Crippen molar-refractivity contribution in [1.29, 1.82) is 0 Å². The van der Waals surface area contributed by atoms with Gasteiger partial charge < -0.3 is 14.9 Å². The molecule has 4 heteroatoms. The first-order valence-electron chi connectivity index (χ1n) is 7.03. The Morgan fingerprint density at radius 1 is 1.09 bits per heavy atom. The second kappa shape index (κ2) is 9.79. The molecule has 0 aliphatic heterocycles. The van der Waals surface area contributed by atoms with Crippen molar-refractivity contribution in [2.75, 3.05) is 12.9 Å². The lowest BCUT2D eigenvalue weighted by Crippen LogP contribution is -1.84. The van der Waals surface area contributed by atoms with Gasteiger partial charge in [-0.3, -0.25) is 0 Å². The normalized spacial score (nSPS) is 10.1. The lowest BCUT2D eigenvalue weighted by atomic mass is 10.1. The summed E-state index contributed by atoms with van der Waals surface area (Å²) in [7, 11) is 1.52. The Balaban J connectivity index is 0.000000745. The maximum Gasteiger partial charge on any atom is 0.160 e. The molecule has 0 aliphatic carbocycles. The fourth-order valence-electron chi connectivity index (χ4n) is 1.77. The van der Waals surface area contributed by atoms with Crippen LogP contribution in [0.5, 0.6) is 17.2 Å². The van der Waals surface area contributed by atoms with Gasteiger partial charge in [0.2, 0.25) is 0 Å². The average molecular weight is 318 g/mol. The van der Waals surface area contributed by atoms with E-state index in [9.17, 15) is 10.2 Å². The lowest BCUT2D eigenvalue weighted by Gasteiger charge is -2.03. The molecule has 0 amide bonds. The van der Waals surface area contributed by atoms with E-state index >= 15 is 0 Å². The maximum absolute atomic E-state index is 9.65. The molecule has 0 fully saturated rings. The van der Waals surface area contributed by atoms with Crippen molar-refractivity contribution in [3.8, 4) is 17.2 Å². The number of rotatable bonds is 4. The summed E-state index contributed by atoms with van der Waals surface area (Å²) in [5.74, 6) is 1.82. The van der Waals surface area contributed by atoms with Crippen molar-refractivity contribution in [2.45, 2.75) is 13.3 Å². The topological polar surface area (TPSA) is 49.7 Å². The van der Waals surface area contributed by atoms with Crippen LogP contribution in [-0.4, -0.2) is 23.1 Å². The van der Waals surface area contributed by atoms with Crippen LogP contribution < -0.4 is 4.74 Å². The molecule has 0 heterocycles. The van der Waals surface area contributed by atoms with Crippen molar-refractivity contribution in [2.24, 2.45) is 0 Å². The number of methoxy groups -OCH3 is 1. The molecule has 3 nitrogen and oxygen atoms in total. The zero-order valence-electron chi connectivity index (χ0n) is 12.9. The number of hydrogen-bond donors (Lipinski definition) is 3. The van der Waals surface area contributed by atoms with Crippen molar-refractivity contribution in [1.82, 2.24) is 0 Å². The number of aromatic hydroxyl groups is 2. The number of thiol groups is 1. The zero-order chi connectivity index (χ0) is 16.4. The van der Waals surface area contributed by atoms with Crippen LogP contribution in [0.15, 0.2) is 48.5 Å². The summed E-state index contributed by atoms with van der Waals surface area (Å²) < 4.78 is 4.99. The molecule has 0 saturated heterocycles. The minimum atomic E-state index is 0.134. The van der Waals surface area contributed by atoms with Crippen LogP contribution in [0.2, 0.25) is 0 Å². The monoisotopic (exact) mass is 318 g/mol. The van der Waals surface area contributed by atoms with E-state index in [1.807, 2.05) is 37.3 Å². The SMILES string of the molecule is CCS.COc1ccc(/C=C\Cc2ccc(O)cc2)cc1O. The second-order valence-electron chi connectivity index (χ2n) is 4.52. The van der Waals surface area contributed by atoms with Gasteiger partial charge in [-0.2, -0.15) is 12.6 Å². The van der Waals surface area contributed by atoms with Crippen LogP contribution in [0.3, 0.4) is 0 Å². The Labute approximate surface area is 137 Å². The largest absolute Gasteiger partial charge is 0.508 e. The minimum absolute atomic E-state index is 0.134. The fraction of sp³-hybridized carbons (Fsp3) is 0.222. The number of phenolic OH excluding ortho intramolecular Hbond substituents is 2. The highest BCUT2D eigenvalue weighted by molar-refractivity contribution is 7.80. The number of allylic oxidation sites excluding steroid dienone is 1. The van der Waals surface area contributed by atoms with Gasteiger partial charge >= 0.3 is 0 Å². The molecule has 0 radical (unpaired) electrons. The van der Waals surface area contributed by atoms with E-state index in [4.69, 9.17) is 4.74 Å². The van der Waals surface area contributed by atoms with Crippen LogP contribution >= 0.6 is 12.6 Å². The maximum atomic E-state index is 9.65. The molecule has 0 aromatic heterocycles. The van der Waals surface area contributed by atoms with E-state index in [0.717, 1.165) is 23.3 Å². The molecule has 2 aromatic rings. The van der Waals surface area contributed by atoms with E-state index in [1.165, 1.54) is 7.11 Å². The van der Waals surface area contributed by atoms with Gasteiger partial charge in [0.1, 0.15) is 5.75 Å². The first kappa shape index (κ1) is 18.0. The van der Waals surface area contributed by atoms with Crippen molar-refractivity contribution in [3.63, 3.8) is 0 Å². The molecule has 2 rings (SSSR count). The van der Waals surface area contributed by atoms with E-state index in [1.54, 1.807) is 24.3 Å². The molecule has 0 saturated carbocycles. The summed E-state index contributed by atoms with van der Waals surface area (Å²) >= 11 is 3.79. The lowest BCUT2D eigenvalue weighted by molar-refractivity contribution is 0.373. The molecular formula is C18H22O3S. The van der Waals surface area contributed by atoms with E-state index in [0.29, 0.717) is 5.75 Å². The number of hydrogen-bond acceptors (Lipinski definition) is 4. The molecule has 0 bridgehead atoms. The molecule has 22 heavy (non-hydrogen) atoms. The van der Waals surface area contributed by atoms with Gasteiger partial charge in [0.05, 0.1) is 7.11 Å². The molecule has 2 aromatic carbocycles. The summed E-state index contributed by atoms with van der Waals surface area (Å²) in [5, 5.41) is 18.8. The highest BCUT2D eigenvalue weighted by Crippen LogP contribution is 2.26.